The predicted molar refractivity (Wildman–Crippen MR) is 95.3 cm³/mol. The molecule has 1 rings (SSSR count). The van der Waals surface area contributed by atoms with Crippen molar-refractivity contribution < 1.29 is 4.74 Å². The van der Waals surface area contributed by atoms with E-state index < -0.39 is 0 Å². The van der Waals surface area contributed by atoms with Gasteiger partial charge in [-0.3, -0.25) is 0 Å². The Bertz CT molecular complexity index is 447. The summed E-state index contributed by atoms with van der Waals surface area (Å²) in [5, 5.41) is 0.833. The molecular formula is C17H29Cl2NO. The number of aryl methyl sites for hydroxylation is 1. The Balaban J connectivity index is 0.00000400. The topological polar surface area (TPSA) is 35.2 Å². The zero-order chi connectivity index (χ0) is 15.3. The summed E-state index contributed by atoms with van der Waals surface area (Å²) in [7, 11) is 0. The van der Waals surface area contributed by atoms with Crippen LogP contribution in [-0.2, 0) is 6.42 Å². The maximum atomic E-state index is 6.47. The fourth-order valence-corrected chi connectivity index (χ4v) is 2.97. The van der Waals surface area contributed by atoms with E-state index in [0.717, 1.165) is 42.2 Å². The summed E-state index contributed by atoms with van der Waals surface area (Å²) in [6, 6.07) is 2.16. The van der Waals surface area contributed by atoms with E-state index in [1.54, 1.807) is 0 Å². The van der Waals surface area contributed by atoms with Gasteiger partial charge in [-0.1, -0.05) is 39.3 Å². The third kappa shape index (κ3) is 5.36. The molecule has 2 N–H and O–H groups in total. The molecule has 0 amide bonds. The Morgan fingerprint density at radius 3 is 2.38 bits per heavy atom. The molecule has 0 spiro atoms. The normalized spacial score (nSPS) is 12.2. The van der Waals surface area contributed by atoms with Gasteiger partial charge >= 0.3 is 0 Å². The van der Waals surface area contributed by atoms with E-state index in [2.05, 4.69) is 34.6 Å². The first-order chi connectivity index (χ1) is 9.42. The first-order valence-electron chi connectivity index (χ1n) is 7.62. The Labute approximate surface area is 140 Å². The molecule has 0 saturated carbocycles. The van der Waals surface area contributed by atoms with Crippen molar-refractivity contribution in [2.24, 2.45) is 5.73 Å². The van der Waals surface area contributed by atoms with E-state index in [-0.39, 0.29) is 18.4 Å². The number of benzene rings is 1. The lowest BCUT2D eigenvalue weighted by Crippen LogP contribution is -2.23. The van der Waals surface area contributed by atoms with Gasteiger partial charge in [0.05, 0.1) is 6.61 Å². The molecule has 4 heteroatoms. The maximum absolute atomic E-state index is 6.47. The number of hydrogen-bond acceptors (Lipinski definition) is 2. The van der Waals surface area contributed by atoms with Crippen molar-refractivity contribution in [3.63, 3.8) is 0 Å². The summed E-state index contributed by atoms with van der Waals surface area (Å²) in [4.78, 5) is 0. The Morgan fingerprint density at radius 2 is 1.90 bits per heavy atom. The highest BCUT2D eigenvalue weighted by Crippen LogP contribution is 2.37. The largest absolute Gasteiger partial charge is 0.493 e. The van der Waals surface area contributed by atoms with Crippen molar-refractivity contribution in [3.05, 3.63) is 27.8 Å². The van der Waals surface area contributed by atoms with Crippen LogP contribution in [0.5, 0.6) is 5.75 Å². The summed E-state index contributed by atoms with van der Waals surface area (Å²) in [6.45, 7) is 11.4. The van der Waals surface area contributed by atoms with Crippen molar-refractivity contribution in [2.75, 3.05) is 6.61 Å². The van der Waals surface area contributed by atoms with Gasteiger partial charge in [0, 0.05) is 16.6 Å². The third-order valence-electron chi connectivity index (χ3n) is 3.58. The monoisotopic (exact) mass is 333 g/mol. The van der Waals surface area contributed by atoms with Gasteiger partial charge in [0.15, 0.2) is 0 Å². The molecule has 2 nitrogen and oxygen atoms in total. The summed E-state index contributed by atoms with van der Waals surface area (Å²) in [6.07, 6.45) is 2.78. The van der Waals surface area contributed by atoms with Crippen molar-refractivity contribution >= 4 is 24.0 Å². The Morgan fingerprint density at radius 1 is 1.29 bits per heavy atom. The highest BCUT2D eigenvalue weighted by Gasteiger charge is 2.20. The molecule has 122 valence electrons. The number of ether oxygens (including phenoxy) is 1. The van der Waals surface area contributed by atoms with Crippen LogP contribution in [0.4, 0.5) is 0 Å². The molecule has 0 radical (unpaired) electrons. The van der Waals surface area contributed by atoms with E-state index in [4.69, 9.17) is 22.1 Å². The summed E-state index contributed by atoms with van der Waals surface area (Å²) >= 11 is 6.47. The SMILES string of the molecule is CCCOc1c(C)cc(Cl)c(C(C)C)c1CC(N)CC.Cl. The molecule has 0 aromatic heterocycles. The Hall–Kier alpha value is -0.440. The Kier molecular flexibility index (Phi) is 9.35. The fourth-order valence-electron chi connectivity index (χ4n) is 2.48. The van der Waals surface area contributed by atoms with Gasteiger partial charge in [0.1, 0.15) is 5.75 Å². The van der Waals surface area contributed by atoms with Crippen molar-refractivity contribution in [1.82, 2.24) is 0 Å². The molecule has 1 aromatic carbocycles. The minimum absolute atomic E-state index is 0. The lowest BCUT2D eigenvalue weighted by molar-refractivity contribution is 0.310. The molecule has 0 aliphatic heterocycles. The average Bonchev–Trinajstić information content (AvgIpc) is 2.37. The van der Waals surface area contributed by atoms with Crippen LogP contribution >= 0.6 is 24.0 Å². The second-order valence-corrected chi connectivity index (χ2v) is 6.18. The first kappa shape index (κ1) is 20.6. The molecule has 0 bridgehead atoms. The highest BCUT2D eigenvalue weighted by molar-refractivity contribution is 6.31. The minimum atomic E-state index is 0. The molecule has 1 unspecified atom stereocenters. The molecule has 0 fully saturated rings. The number of nitrogens with two attached hydrogens (primary N) is 1. The maximum Gasteiger partial charge on any atom is 0.125 e. The predicted octanol–water partition coefficient (Wildman–Crippen LogP) is 5.26. The number of halogens is 2. The lowest BCUT2D eigenvalue weighted by Gasteiger charge is -2.23. The second kappa shape index (κ2) is 9.55. The van der Waals surface area contributed by atoms with E-state index in [1.165, 1.54) is 11.1 Å². The summed E-state index contributed by atoms with van der Waals surface area (Å²) in [5.74, 6) is 1.36. The smallest absolute Gasteiger partial charge is 0.125 e. The van der Waals surface area contributed by atoms with Crippen LogP contribution in [0, 0.1) is 6.92 Å². The highest BCUT2D eigenvalue weighted by atomic mass is 35.5. The van der Waals surface area contributed by atoms with E-state index in [1.807, 2.05) is 6.07 Å². The van der Waals surface area contributed by atoms with E-state index in [9.17, 15) is 0 Å². The lowest BCUT2D eigenvalue weighted by atomic mass is 9.90. The molecule has 1 aromatic rings. The molecular weight excluding hydrogens is 305 g/mol. The molecule has 0 aliphatic carbocycles. The minimum Gasteiger partial charge on any atom is -0.493 e. The van der Waals surface area contributed by atoms with Crippen LogP contribution < -0.4 is 10.5 Å². The van der Waals surface area contributed by atoms with Gasteiger partial charge in [-0.2, -0.15) is 0 Å². The first-order valence-corrected chi connectivity index (χ1v) is 8.00. The van der Waals surface area contributed by atoms with Crippen molar-refractivity contribution in [2.45, 2.75) is 65.8 Å². The summed E-state index contributed by atoms with van der Waals surface area (Å²) < 4.78 is 5.99. The number of hydrogen-bond donors (Lipinski definition) is 1. The average molecular weight is 334 g/mol. The molecule has 1 atom stereocenters. The van der Waals surface area contributed by atoms with Gasteiger partial charge in [-0.25, -0.2) is 0 Å². The standard InChI is InChI=1S/C17H28ClNO.ClH/c1-6-8-20-17-12(5)9-15(18)16(11(3)4)14(17)10-13(19)7-2;/h9,11,13H,6-8,10,19H2,1-5H3;1H. The van der Waals surface area contributed by atoms with Gasteiger partial charge in [-0.05, 0) is 49.3 Å². The van der Waals surface area contributed by atoms with Gasteiger partial charge in [-0.15, -0.1) is 12.4 Å². The molecule has 0 saturated heterocycles. The summed E-state index contributed by atoms with van der Waals surface area (Å²) in [5.41, 5.74) is 9.66. The van der Waals surface area contributed by atoms with Gasteiger partial charge in [0.25, 0.3) is 0 Å². The van der Waals surface area contributed by atoms with Gasteiger partial charge < -0.3 is 10.5 Å². The molecule has 0 aliphatic rings. The van der Waals surface area contributed by atoms with Crippen LogP contribution in [-0.4, -0.2) is 12.6 Å². The third-order valence-corrected chi connectivity index (χ3v) is 3.89. The number of rotatable bonds is 7. The van der Waals surface area contributed by atoms with Gasteiger partial charge in [0.2, 0.25) is 0 Å². The van der Waals surface area contributed by atoms with Crippen LogP contribution in [0.25, 0.3) is 0 Å². The van der Waals surface area contributed by atoms with Crippen molar-refractivity contribution in [1.29, 1.82) is 0 Å². The van der Waals surface area contributed by atoms with E-state index >= 15 is 0 Å². The molecule has 21 heavy (non-hydrogen) atoms. The van der Waals surface area contributed by atoms with Crippen molar-refractivity contribution in [3.8, 4) is 5.75 Å². The molecule has 0 heterocycles. The zero-order valence-electron chi connectivity index (χ0n) is 13.8. The van der Waals surface area contributed by atoms with E-state index in [0.29, 0.717) is 5.92 Å². The quantitative estimate of drug-likeness (QED) is 0.738. The van der Waals surface area contributed by atoms with Crippen LogP contribution in [0.1, 0.15) is 63.1 Å². The second-order valence-electron chi connectivity index (χ2n) is 5.77. The fraction of sp³-hybridized carbons (Fsp3) is 0.647. The van der Waals surface area contributed by atoms with Crippen LogP contribution in [0.3, 0.4) is 0 Å². The van der Waals surface area contributed by atoms with Crippen LogP contribution in [0.15, 0.2) is 6.07 Å². The zero-order valence-corrected chi connectivity index (χ0v) is 15.4. The van der Waals surface area contributed by atoms with Crippen LogP contribution in [0.2, 0.25) is 5.02 Å².